The van der Waals surface area contributed by atoms with E-state index >= 15 is 0 Å². The van der Waals surface area contributed by atoms with Gasteiger partial charge < -0.3 is 14.8 Å². The Hall–Kier alpha value is -2.66. The molecule has 0 saturated heterocycles. The lowest BCUT2D eigenvalue weighted by Gasteiger charge is -2.22. The fraction of sp³-hybridized carbons (Fsp3) is 0.300. The minimum atomic E-state index is -0.281. The summed E-state index contributed by atoms with van der Waals surface area (Å²) in [6.45, 7) is 3.96. The van der Waals surface area contributed by atoms with Crippen LogP contribution in [0.5, 0.6) is 0 Å². The van der Waals surface area contributed by atoms with Gasteiger partial charge in [-0.3, -0.25) is 4.79 Å². The van der Waals surface area contributed by atoms with Crippen molar-refractivity contribution in [2.75, 3.05) is 6.61 Å². The number of aliphatic hydroxyl groups is 1. The molecule has 2 atom stereocenters. The van der Waals surface area contributed by atoms with Crippen LogP contribution in [0.3, 0.4) is 0 Å². The van der Waals surface area contributed by atoms with Crippen LogP contribution in [0.15, 0.2) is 53.1 Å². The topological polar surface area (TPSA) is 75.4 Å². The van der Waals surface area contributed by atoms with Gasteiger partial charge in [0.1, 0.15) is 5.69 Å². The van der Waals surface area contributed by atoms with Gasteiger partial charge in [0, 0.05) is 5.39 Å². The van der Waals surface area contributed by atoms with E-state index in [4.69, 9.17) is 4.42 Å². The Morgan fingerprint density at radius 2 is 2.08 bits per heavy atom. The van der Waals surface area contributed by atoms with Gasteiger partial charge in [-0.05, 0) is 30.2 Å². The van der Waals surface area contributed by atoms with Crippen molar-refractivity contribution in [1.82, 2.24) is 10.3 Å². The second-order valence-electron chi connectivity index (χ2n) is 6.20. The van der Waals surface area contributed by atoms with Crippen LogP contribution >= 0.6 is 0 Å². The predicted octanol–water partition coefficient (Wildman–Crippen LogP) is 3.63. The van der Waals surface area contributed by atoms with Gasteiger partial charge in [0.25, 0.3) is 5.91 Å². The average molecular weight is 338 g/mol. The molecular formula is C20H22N2O3. The summed E-state index contributed by atoms with van der Waals surface area (Å²) in [4.78, 5) is 17.5. The lowest BCUT2D eigenvalue weighted by atomic mass is 9.99. The Morgan fingerprint density at radius 1 is 1.28 bits per heavy atom. The quantitative estimate of drug-likeness (QED) is 0.719. The van der Waals surface area contributed by atoms with Crippen molar-refractivity contribution in [3.8, 4) is 11.5 Å². The largest absolute Gasteiger partial charge is 0.463 e. The average Bonchev–Trinajstić information content (AvgIpc) is 3.19. The standard InChI is InChI=1S/C20H22N2O3/c1-3-13(2)18(12-23)22-20(24)15-11-17(19-9-6-10-25-19)21-16-8-5-4-7-14(15)16/h4-11,13,18,23H,3,12H2,1-2H3,(H,22,24)/t13-,18-/m1/s1. The highest BCUT2D eigenvalue weighted by Gasteiger charge is 2.21. The number of aromatic nitrogens is 1. The molecule has 0 aliphatic rings. The van der Waals surface area contributed by atoms with Crippen molar-refractivity contribution in [3.63, 3.8) is 0 Å². The third-order valence-corrected chi connectivity index (χ3v) is 4.58. The van der Waals surface area contributed by atoms with Gasteiger partial charge in [-0.15, -0.1) is 0 Å². The zero-order chi connectivity index (χ0) is 17.8. The molecule has 0 saturated carbocycles. The maximum atomic E-state index is 12.9. The number of para-hydroxylation sites is 1. The molecule has 0 fully saturated rings. The lowest BCUT2D eigenvalue weighted by Crippen LogP contribution is -2.42. The Balaban J connectivity index is 2.03. The van der Waals surface area contributed by atoms with Crippen molar-refractivity contribution in [3.05, 3.63) is 54.3 Å². The van der Waals surface area contributed by atoms with E-state index in [1.54, 1.807) is 18.4 Å². The third kappa shape index (κ3) is 3.56. The molecule has 1 amide bonds. The Kier molecular flexibility index (Phi) is 5.14. The summed E-state index contributed by atoms with van der Waals surface area (Å²) in [5.74, 6) is 0.581. The van der Waals surface area contributed by atoms with Gasteiger partial charge in [0.2, 0.25) is 0 Å². The molecule has 0 bridgehead atoms. The maximum Gasteiger partial charge on any atom is 0.252 e. The summed E-state index contributed by atoms with van der Waals surface area (Å²) < 4.78 is 5.43. The lowest BCUT2D eigenvalue weighted by molar-refractivity contribution is 0.0893. The number of nitrogens with one attached hydrogen (secondary N) is 1. The predicted molar refractivity (Wildman–Crippen MR) is 97.2 cm³/mol. The molecule has 3 rings (SSSR count). The zero-order valence-electron chi connectivity index (χ0n) is 14.4. The van der Waals surface area contributed by atoms with Crippen molar-refractivity contribution in [2.45, 2.75) is 26.3 Å². The number of rotatable bonds is 6. The monoisotopic (exact) mass is 338 g/mol. The number of aliphatic hydroxyl groups excluding tert-OH is 1. The van der Waals surface area contributed by atoms with E-state index in [-0.39, 0.29) is 24.5 Å². The first kappa shape index (κ1) is 17.2. The van der Waals surface area contributed by atoms with Crippen molar-refractivity contribution in [1.29, 1.82) is 0 Å². The summed E-state index contributed by atoms with van der Waals surface area (Å²) >= 11 is 0. The van der Waals surface area contributed by atoms with E-state index in [1.807, 2.05) is 44.2 Å². The molecule has 2 aromatic heterocycles. The van der Waals surface area contributed by atoms with Crippen molar-refractivity contribution < 1.29 is 14.3 Å². The van der Waals surface area contributed by atoms with Crippen LogP contribution in [0.1, 0.15) is 30.6 Å². The van der Waals surface area contributed by atoms with E-state index in [2.05, 4.69) is 10.3 Å². The second kappa shape index (κ2) is 7.49. The van der Waals surface area contributed by atoms with E-state index < -0.39 is 0 Å². The Morgan fingerprint density at radius 3 is 2.76 bits per heavy atom. The number of nitrogens with zero attached hydrogens (tertiary/aromatic N) is 1. The smallest absolute Gasteiger partial charge is 0.252 e. The van der Waals surface area contributed by atoms with Gasteiger partial charge >= 0.3 is 0 Å². The van der Waals surface area contributed by atoms with Crippen LogP contribution < -0.4 is 5.32 Å². The molecule has 0 aliphatic carbocycles. The van der Waals surface area contributed by atoms with Crippen LogP contribution in [-0.4, -0.2) is 28.6 Å². The third-order valence-electron chi connectivity index (χ3n) is 4.58. The fourth-order valence-electron chi connectivity index (χ4n) is 2.81. The van der Waals surface area contributed by atoms with Crippen LogP contribution in [0.4, 0.5) is 0 Å². The first-order valence-corrected chi connectivity index (χ1v) is 8.49. The Bertz CT molecular complexity index is 859. The highest BCUT2D eigenvalue weighted by atomic mass is 16.3. The molecule has 0 spiro atoms. The number of carbonyl (C=O) groups excluding carboxylic acids is 1. The summed E-state index contributed by atoms with van der Waals surface area (Å²) in [6, 6.07) is 12.6. The number of hydrogen-bond donors (Lipinski definition) is 2. The van der Waals surface area contributed by atoms with Gasteiger partial charge in [0.05, 0.1) is 30.0 Å². The number of benzene rings is 1. The number of furan rings is 1. The summed E-state index contributed by atoms with van der Waals surface area (Å²) in [7, 11) is 0. The second-order valence-corrected chi connectivity index (χ2v) is 6.20. The molecule has 5 heteroatoms. The van der Waals surface area contributed by atoms with Crippen molar-refractivity contribution >= 4 is 16.8 Å². The zero-order valence-corrected chi connectivity index (χ0v) is 14.4. The van der Waals surface area contributed by atoms with E-state index in [9.17, 15) is 9.90 Å². The number of hydrogen-bond acceptors (Lipinski definition) is 4. The summed E-state index contributed by atoms with van der Waals surface area (Å²) in [5, 5.41) is 13.3. The number of amides is 1. The molecule has 0 unspecified atom stereocenters. The molecule has 3 aromatic rings. The Labute approximate surface area is 146 Å². The van der Waals surface area contributed by atoms with Crippen LogP contribution in [-0.2, 0) is 0 Å². The van der Waals surface area contributed by atoms with Gasteiger partial charge in [-0.25, -0.2) is 4.98 Å². The van der Waals surface area contributed by atoms with E-state index in [1.165, 1.54) is 0 Å². The number of pyridine rings is 1. The summed E-state index contributed by atoms with van der Waals surface area (Å²) in [5.41, 5.74) is 1.86. The van der Waals surface area contributed by atoms with Crippen LogP contribution in [0.25, 0.3) is 22.4 Å². The molecule has 5 nitrogen and oxygen atoms in total. The summed E-state index contributed by atoms with van der Waals surface area (Å²) in [6.07, 6.45) is 2.46. The molecule has 2 heterocycles. The molecule has 0 radical (unpaired) electrons. The molecular weight excluding hydrogens is 316 g/mol. The van der Waals surface area contributed by atoms with E-state index in [0.29, 0.717) is 17.0 Å². The van der Waals surface area contributed by atoms with Crippen molar-refractivity contribution in [2.24, 2.45) is 5.92 Å². The molecule has 0 aliphatic heterocycles. The number of fused-ring (bicyclic) bond motifs is 1. The SMILES string of the molecule is CC[C@@H](C)[C@@H](CO)NC(=O)c1cc(-c2ccco2)nc2ccccc12. The number of carbonyl (C=O) groups is 1. The van der Waals surface area contributed by atoms with Crippen LogP contribution in [0.2, 0.25) is 0 Å². The highest BCUT2D eigenvalue weighted by molar-refractivity contribution is 6.07. The van der Waals surface area contributed by atoms with Gasteiger partial charge in [0.15, 0.2) is 5.76 Å². The minimum absolute atomic E-state index is 0.0885. The molecule has 2 N–H and O–H groups in total. The van der Waals surface area contributed by atoms with Crippen LogP contribution in [0, 0.1) is 5.92 Å². The fourth-order valence-corrected chi connectivity index (χ4v) is 2.81. The molecule has 130 valence electrons. The normalized spacial score (nSPS) is 13.6. The molecule has 1 aromatic carbocycles. The van der Waals surface area contributed by atoms with Gasteiger partial charge in [-0.2, -0.15) is 0 Å². The first-order chi connectivity index (χ1) is 12.1. The van der Waals surface area contributed by atoms with E-state index in [0.717, 1.165) is 17.3 Å². The molecule has 25 heavy (non-hydrogen) atoms. The highest BCUT2D eigenvalue weighted by Crippen LogP contribution is 2.25. The maximum absolute atomic E-state index is 12.9. The minimum Gasteiger partial charge on any atom is -0.463 e. The van der Waals surface area contributed by atoms with Gasteiger partial charge in [-0.1, -0.05) is 38.5 Å². The first-order valence-electron chi connectivity index (χ1n) is 8.49.